The standard InChI is InChI=1S/C14H17N3.C11H15NO/c1-16-7-2-3-13-9-12(4-5-14(13)16)10-17-8-6-15-11-17;1-12-6-2-3-10-7-9(8-13)4-5-11(10)12/h4-6,8-9,11H,2-3,7,10H2,1H3;4-5,7,13H,2-3,6,8H2,1H3. The molecule has 3 aromatic rings. The van der Waals surface area contributed by atoms with Crippen LogP contribution in [0.15, 0.2) is 55.1 Å². The van der Waals surface area contributed by atoms with E-state index >= 15 is 0 Å². The van der Waals surface area contributed by atoms with Gasteiger partial charge in [-0.3, -0.25) is 0 Å². The Kier molecular flexibility index (Phi) is 6.38. The van der Waals surface area contributed by atoms with Crippen molar-refractivity contribution in [2.75, 3.05) is 37.0 Å². The number of benzene rings is 2. The van der Waals surface area contributed by atoms with E-state index in [1.807, 2.05) is 24.8 Å². The van der Waals surface area contributed by atoms with E-state index in [0.29, 0.717) is 0 Å². The fraction of sp³-hybridized carbons (Fsp3) is 0.400. The largest absolute Gasteiger partial charge is 0.392 e. The fourth-order valence-corrected chi connectivity index (χ4v) is 4.47. The van der Waals surface area contributed by atoms with Gasteiger partial charge in [-0.05, 0) is 60.1 Å². The van der Waals surface area contributed by atoms with Crippen molar-refractivity contribution in [1.29, 1.82) is 0 Å². The summed E-state index contributed by atoms with van der Waals surface area (Å²) in [6, 6.07) is 13.0. The van der Waals surface area contributed by atoms with E-state index < -0.39 is 0 Å². The molecular formula is C25H32N4O. The van der Waals surface area contributed by atoms with Gasteiger partial charge in [-0.15, -0.1) is 0 Å². The lowest BCUT2D eigenvalue weighted by atomic mass is 9.99. The first-order valence-electron chi connectivity index (χ1n) is 10.9. The lowest BCUT2D eigenvalue weighted by Gasteiger charge is -2.27. The van der Waals surface area contributed by atoms with Gasteiger partial charge >= 0.3 is 0 Å². The Labute approximate surface area is 179 Å². The monoisotopic (exact) mass is 404 g/mol. The SMILES string of the molecule is CN1CCCc2cc(CO)ccc21.CN1CCCc2cc(Cn3ccnc3)ccc21. The summed E-state index contributed by atoms with van der Waals surface area (Å²) in [5, 5.41) is 8.99. The highest BCUT2D eigenvalue weighted by molar-refractivity contribution is 5.57. The predicted molar refractivity (Wildman–Crippen MR) is 123 cm³/mol. The number of aryl methyl sites for hydroxylation is 2. The first-order chi connectivity index (χ1) is 14.6. The number of imidazole rings is 1. The summed E-state index contributed by atoms with van der Waals surface area (Å²) in [5.74, 6) is 0. The molecular weight excluding hydrogens is 372 g/mol. The van der Waals surface area contributed by atoms with Crippen molar-refractivity contribution in [1.82, 2.24) is 9.55 Å². The van der Waals surface area contributed by atoms with Crippen molar-refractivity contribution in [3.05, 3.63) is 77.4 Å². The van der Waals surface area contributed by atoms with Gasteiger partial charge in [0, 0.05) is 57.5 Å². The number of nitrogens with zero attached hydrogens (tertiary/aromatic N) is 4. The first kappa shape index (κ1) is 20.5. The smallest absolute Gasteiger partial charge is 0.0949 e. The molecule has 0 spiro atoms. The Bertz CT molecular complexity index is 967. The topological polar surface area (TPSA) is 44.5 Å². The van der Waals surface area contributed by atoms with Crippen LogP contribution in [-0.2, 0) is 26.0 Å². The molecule has 0 radical (unpaired) electrons. The molecule has 0 fully saturated rings. The number of aliphatic hydroxyl groups is 1. The number of hydrogen-bond acceptors (Lipinski definition) is 4. The van der Waals surface area contributed by atoms with Gasteiger partial charge in [0.2, 0.25) is 0 Å². The second kappa shape index (κ2) is 9.35. The molecule has 5 rings (SSSR count). The highest BCUT2D eigenvalue weighted by Gasteiger charge is 2.14. The van der Waals surface area contributed by atoms with Gasteiger partial charge in [0.1, 0.15) is 0 Å². The Morgan fingerprint density at radius 1 is 0.867 bits per heavy atom. The molecule has 2 aliphatic rings. The van der Waals surface area contributed by atoms with Crippen LogP contribution in [0.1, 0.15) is 35.1 Å². The van der Waals surface area contributed by atoms with Crippen LogP contribution in [0.3, 0.4) is 0 Å². The summed E-state index contributed by atoms with van der Waals surface area (Å²) in [4.78, 5) is 8.70. The number of anilines is 2. The van der Waals surface area contributed by atoms with Crippen LogP contribution in [-0.4, -0.2) is 41.8 Å². The molecule has 158 valence electrons. The van der Waals surface area contributed by atoms with Crippen molar-refractivity contribution in [2.45, 2.75) is 38.8 Å². The second-order valence-corrected chi connectivity index (χ2v) is 8.37. The number of aliphatic hydroxyl groups excluding tert-OH is 1. The molecule has 0 saturated carbocycles. The molecule has 5 heteroatoms. The van der Waals surface area contributed by atoms with Gasteiger partial charge in [0.15, 0.2) is 0 Å². The summed E-state index contributed by atoms with van der Waals surface area (Å²) < 4.78 is 2.11. The maximum atomic E-state index is 8.99. The van der Waals surface area contributed by atoms with Crippen LogP contribution in [0.5, 0.6) is 0 Å². The van der Waals surface area contributed by atoms with Crippen LogP contribution in [0, 0.1) is 0 Å². The minimum absolute atomic E-state index is 0.150. The number of fused-ring (bicyclic) bond motifs is 2. The van der Waals surface area contributed by atoms with E-state index in [1.54, 1.807) is 0 Å². The molecule has 30 heavy (non-hydrogen) atoms. The van der Waals surface area contributed by atoms with Crippen molar-refractivity contribution in [3.63, 3.8) is 0 Å². The maximum absolute atomic E-state index is 8.99. The first-order valence-corrected chi connectivity index (χ1v) is 10.9. The molecule has 2 aliphatic heterocycles. The normalized spacial score (nSPS) is 15.2. The molecule has 2 aromatic carbocycles. The summed E-state index contributed by atoms with van der Waals surface area (Å²) in [7, 11) is 4.30. The van der Waals surface area contributed by atoms with Gasteiger partial charge in [0.25, 0.3) is 0 Å². The zero-order valence-electron chi connectivity index (χ0n) is 18.1. The third kappa shape index (κ3) is 4.68. The van der Waals surface area contributed by atoms with E-state index in [2.05, 4.69) is 63.8 Å². The van der Waals surface area contributed by atoms with Gasteiger partial charge in [0.05, 0.1) is 12.9 Å². The van der Waals surface area contributed by atoms with Crippen LogP contribution >= 0.6 is 0 Å². The van der Waals surface area contributed by atoms with Gasteiger partial charge in [-0.2, -0.15) is 0 Å². The molecule has 0 bridgehead atoms. The average Bonchev–Trinajstić information content (AvgIpc) is 3.27. The van der Waals surface area contributed by atoms with Crippen LogP contribution in [0.2, 0.25) is 0 Å². The van der Waals surface area contributed by atoms with E-state index in [-0.39, 0.29) is 6.61 Å². The Morgan fingerprint density at radius 2 is 1.47 bits per heavy atom. The minimum Gasteiger partial charge on any atom is -0.392 e. The van der Waals surface area contributed by atoms with Crippen molar-refractivity contribution >= 4 is 11.4 Å². The average molecular weight is 405 g/mol. The van der Waals surface area contributed by atoms with E-state index in [1.165, 1.54) is 53.9 Å². The Hall–Kier alpha value is -2.79. The Balaban J connectivity index is 0.000000151. The molecule has 0 aliphatic carbocycles. The molecule has 0 amide bonds. The highest BCUT2D eigenvalue weighted by atomic mass is 16.3. The summed E-state index contributed by atoms with van der Waals surface area (Å²) >= 11 is 0. The quantitative estimate of drug-likeness (QED) is 0.720. The third-order valence-electron chi connectivity index (χ3n) is 6.10. The molecule has 1 N–H and O–H groups in total. The zero-order valence-corrected chi connectivity index (χ0v) is 18.1. The van der Waals surface area contributed by atoms with E-state index in [9.17, 15) is 0 Å². The van der Waals surface area contributed by atoms with Crippen molar-refractivity contribution in [2.24, 2.45) is 0 Å². The predicted octanol–water partition coefficient (Wildman–Crippen LogP) is 3.88. The third-order valence-corrected chi connectivity index (χ3v) is 6.10. The molecule has 5 nitrogen and oxygen atoms in total. The number of rotatable bonds is 3. The zero-order chi connectivity index (χ0) is 20.9. The number of hydrogen-bond donors (Lipinski definition) is 1. The maximum Gasteiger partial charge on any atom is 0.0949 e. The lowest BCUT2D eigenvalue weighted by Crippen LogP contribution is -2.24. The van der Waals surface area contributed by atoms with Crippen LogP contribution < -0.4 is 9.80 Å². The van der Waals surface area contributed by atoms with Gasteiger partial charge in [-0.1, -0.05) is 24.3 Å². The summed E-state index contributed by atoms with van der Waals surface area (Å²) in [5.41, 5.74) is 7.96. The van der Waals surface area contributed by atoms with Crippen LogP contribution in [0.4, 0.5) is 11.4 Å². The van der Waals surface area contributed by atoms with Gasteiger partial charge in [-0.25, -0.2) is 4.98 Å². The lowest BCUT2D eigenvalue weighted by molar-refractivity contribution is 0.281. The molecule has 0 saturated heterocycles. The molecule has 0 atom stereocenters. The second-order valence-electron chi connectivity index (χ2n) is 8.37. The summed E-state index contributed by atoms with van der Waals surface area (Å²) in [6.45, 7) is 3.38. The number of aromatic nitrogens is 2. The molecule has 1 aromatic heterocycles. The summed E-state index contributed by atoms with van der Waals surface area (Å²) in [6.07, 6.45) is 10.5. The minimum atomic E-state index is 0.150. The van der Waals surface area contributed by atoms with Crippen molar-refractivity contribution in [3.8, 4) is 0 Å². The van der Waals surface area contributed by atoms with E-state index in [4.69, 9.17) is 5.11 Å². The molecule has 3 heterocycles. The van der Waals surface area contributed by atoms with E-state index in [0.717, 1.165) is 25.1 Å². The van der Waals surface area contributed by atoms with Crippen LogP contribution in [0.25, 0.3) is 0 Å². The van der Waals surface area contributed by atoms with Gasteiger partial charge < -0.3 is 19.5 Å². The Morgan fingerprint density at radius 3 is 2.03 bits per heavy atom. The van der Waals surface area contributed by atoms with Crippen molar-refractivity contribution < 1.29 is 5.11 Å². The molecule has 0 unspecified atom stereocenters. The highest BCUT2D eigenvalue weighted by Crippen LogP contribution is 2.27. The fourth-order valence-electron chi connectivity index (χ4n) is 4.47.